The van der Waals surface area contributed by atoms with Gasteiger partial charge in [0.15, 0.2) is 0 Å². The van der Waals surface area contributed by atoms with Crippen molar-refractivity contribution in [3.8, 4) is 5.75 Å². The number of benzene rings is 1. The second-order valence-electron chi connectivity index (χ2n) is 4.51. The van der Waals surface area contributed by atoms with Crippen molar-refractivity contribution >= 4 is 11.6 Å². The Bertz CT molecular complexity index is 412. The highest BCUT2D eigenvalue weighted by molar-refractivity contribution is 5.92. The summed E-state index contributed by atoms with van der Waals surface area (Å²) in [5.41, 5.74) is 1.52. The Balaban J connectivity index is 1.99. The van der Waals surface area contributed by atoms with Crippen LogP contribution in [-0.4, -0.2) is 24.1 Å². The Morgan fingerprint density at radius 1 is 1.41 bits per heavy atom. The predicted octanol–water partition coefficient (Wildman–Crippen LogP) is 1.64. The highest BCUT2D eigenvalue weighted by Crippen LogP contribution is 2.21. The fourth-order valence-electron chi connectivity index (χ4n) is 2.06. The molecule has 4 nitrogen and oxygen atoms in total. The third kappa shape index (κ3) is 2.97. The summed E-state index contributed by atoms with van der Waals surface area (Å²) in [5.74, 6) is 0.437. The molecule has 1 aromatic carbocycles. The van der Waals surface area contributed by atoms with E-state index >= 15 is 0 Å². The van der Waals surface area contributed by atoms with E-state index in [4.69, 9.17) is 0 Å². The summed E-state index contributed by atoms with van der Waals surface area (Å²) in [6.07, 6.45) is 1.78. The van der Waals surface area contributed by atoms with Crippen LogP contribution in [0.1, 0.15) is 18.4 Å². The van der Waals surface area contributed by atoms with Crippen molar-refractivity contribution in [2.45, 2.75) is 19.8 Å². The number of carbonyl (C=O) groups is 1. The van der Waals surface area contributed by atoms with E-state index in [1.54, 1.807) is 18.2 Å². The Hall–Kier alpha value is -1.55. The SMILES string of the molecule is Cc1cc(NC(=O)C2CCNCC2)ccc1O. The van der Waals surface area contributed by atoms with Gasteiger partial charge in [-0.15, -0.1) is 0 Å². The molecule has 17 heavy (non-hydrogen) atoms. The Labute approximate surface area is 101 Å². The number of amides is 1. The van der Waals surface area contributed by atoms with E-state index in [2.05, 4.69) is 10.6 Å². The van der Waals surface area contributed by atoms with Gasteiger partial charge in [-0.25, -0.2) is 0 Å². The molecule has 1 heterocycles. The lowest BCUT2D eigenvalue weighted by molar-refractivity contribution is -0.120. The van der Waals surface area contributed by atoms with Crippen LogP contribution in [-0.2, 0) is 4.79 Å². The first kappa shape index (κ1) is 11.9. The second kappa shape index (κ2) is 5.19. The van der Waals surface area contributed by atoms with E-state index in [-0.39, 0.29) is 17.6 Å². The lowest BCUT2D eigenvalue weighted by Crippen LogP contribution is -2.34. The molecule has 1 fully saturated rings. The average molecular weight is 234 g/mol. The van der Waals surface area contributed by atoms with Crippen molar-refractivity contribution in [3.63, 3.8) is 0 Å². The topological polar surface area (TPSA) is 61.4 Å². The molecule has 0 aromatic heterocycles. The number of phenolic OH excluding ortho intramolecular Hbond substituents is 1. The summed E-state index contributed by atoms with van der Waals surface area (Å²) in [5, 5.41) is 15.5. The van der Waals surface area contributed by atoms with E-state index in [9.17, 15) is 9.90 Å². The number of anilines is 1. The van der Waals surface area contributed by atoms with Crippen LogP contribution in [0.2, 0.25) is 0 Å². The Kier molecular flexibility index (Phi) is 3.64. The van der Waals surface area contributed by atoms with E-state index < -0.39 is 0 Å². The minimum atomic E-state index is 0.0802. The third-order valence-corrected chi connectivity index (χ3v) is 3.17. The molecule has 1 amide bonds. The van der Waals surface area contributed by atoms with Crippen molar-refractivity contribution in [3.05, 3.63) is 23.8 Å². The summed E-state index contributed by atoms with van der Waals surface area (Å²) in [7, 11) is 0. The number of rotatable bonds is 2. The number of piperidine rings is 1. The first-order valence-corrected chi connectivity index (χ1v) is 5.98. The summed E-state index contributed by atoms with van der Waals surface area (Å²) in [6, 6.07) is 5.11. The van der Waals surface area contributed by atoms with E-state index in [0.29, 0.717) is 0 Å². The molecule has 2 rings (SSSR count). The van der Waals surface area contributed by atoms with Gasteiger partial charge in [0.25, 0.3) is 0 Å². The van der Waals surface area contributed by atoms with Crippen molar-refractivity contribution in [1.82, 2.24) is 5.32 Å². The highest BCUT2D eigenvalue weighted by Gasteiger charge is 2.20. The molecule has 1 saturated heterocycles. The molecule has 0 bridgehead atoms. The van der Waals surface area contributed by atoms with Crippen LogP contribution >= 0.6 is 0 Å². The zero-order valence-electron chi connectivity index (χ0n) is 9.99. The number of hydrogen-bond donors (Lipinski definition) is 3. The largest absolute Gasteiger partial charge is 0.508 e. The van der Waals surface area contributed by atoms with Gasteiger partial charge in [-0.05, 0) is 56.6 Å². The molecule has 1 aromatic rings. The van der Waals surface area contributed by atoms with Crippen LogP contribution in [0.5, 0.6) is 5.75 Å². The van der Waals surface area contributed by atoms with Gasteiger partial charge in [0, 0.05) is 11.6 Å². The van der Waals surface area contributed by atoms with Crippen LogP contribution in [0.25, 0.3) is 0 Å². The molecule has 0 spiro atoms. The maximum Gasteiger partial charge on any atom is 0.227 e. The first-order valence-electron chi connectivity index (χ1n) is 5.98. The third-order valence-electron chi connectivity index (χ3n) is 3.17. The van der Waals surface area contributed by atoms with Gasteiger partial charge in [0.1, 0.15) is 5.75 Å². The van der Waals surface area contributed by atoms with Gasteiger partial charge in [0.05, 0.1) is 0 Å². The average Bonchev–Trinajstić information content (AvgIpc) is 2.35. The molecule has 0 radical (unpaired) electrons. The van der Waals surface area contributed by atoms with Crippen LogP contribution in [0.15, 0.2) is 18.2 Å². The van der Waals surface area contributed by atoms with Gasteiger partial charge in [0.2, 0.25) is 5.91 Å². The monoisotopic (exact) mass is 234 g/mol. The van der Waals surface area contributed by atoms with Gasteiger partial charge in [-0.1, -0.05) is 0 Å². The van der Waals surface area contributed by atoms with Crippen molar-refractivity contribution < 1.29 is 9.90 Å². The molecule has 3 N–H and O–H groups in total. The molecule has 92 valence electrons. The summed E-state index contributed by atoms with van der Waals surface area (Å²) in [6.45, 7) is 3.63. The van der Waals surface area contributed by atoms with Crippen LogP contribution in [0.3, 0.4) is 0 Å². The lowest BCUT2D eigenvalue weighted by atomic mass is 9.97. The van der Waals surface area contributed by atoms with Crippen molar-refractivity contribution in [1.29, 1.82) is 0 Å². The zero-order chi connectivity index (χ0) is 12.3. The Morgan fingerprint density at radius 2 is 2.12 bits per heavy atom. The molecule has 0 unspecified atom stereocenters. The molecule has 1 aliphatic heterocycles. The normalized spacial score (nSPS) is 16.8. The van der Waals surface area contributed by atoms with E-state index in [1.165, 1.54) is 0 Å². The lowest BCUT2D eigenvalue weighted by Gasteiger charge is -2.21. The fraction of sp³-hybridized carbons (Fsp3) is 0.462. The molecular weight excluding hydrogens is 216 g/mol. The Morgan fingerprint density at radius 3 is 2.76 bits per heavy atom. The van der Waals surface area contributed by atoms with E-state index in [0.717, 1.165) is 37.2 Å². The van der Waals surface area contributed by atoms with Crippen LogP contribution in [0.4, 0.5) is 5.69 Å². The molecule has 1 aliphatic rings. The van der Waals surface area contributed by atoms with E-state index in [1.807, 2.05) is 6.92 Å². The maximum absolute atomic E-state index is 12.0. The quantitative estimate of drug-likeness (QED) is 0.682. The summed E-state index contributed by atoms with van der Waals surface area (Å²) in [4.78, 5) is 12.0. The molecular formula is C13H18N2O2. The summed E-state index contributed by atoms with van der Waals surface area (Å²) >= 11 is 0. The zero-order valence-corrected chi connectivity index (χ0v) is 9.99. The highest BCUT2D eigenvalue weighted by atomic mass is 16.3. The maximum atomic E-state index is 12.0. The minimum absolute atomic E-state index is 0.0802. The number of aryl methyl sites for hydroxylation is 1. The fourth-order valence-corrected chi connectivity index (χ4v) is 2.06. The number of phenols is 1. The number of carbonyl (C=O) groups excluding carboxylic acids is 1. The number of hydrogen-bond acceptors (Lipinski definition) is 3. The number of nitrogens with one attached hydrogen (secondary N) is 2. The molecule has 0 atom stereocenters. The van der Waals surface area contributed by atoms with Crippen molar-refractivity contribution in [2.75, 3.05) is 18.4 Å². The molecule has 0 aliphatic carbocycles. The van der Waals surface area contributed by atoms with Gasteiger partial charge in [-0.3, -0.25) is 4.79 Å². The summed E-state index contributed by atoms with van der Waals surface area (Å²) < 4.78 is 0. The molecule has 4 heteroatoms. The molecule has 0 saturated carbocycles. The predicted molar refractivity (Wildman–Crippen MR) is 67.1 cm³/mol. The van der Waals surface area contributed by atoms with Crippen LogP contribution in [0, 0.1) is 12.8 Å². The van der Waals surface area contributed by atoms with Gasteiger partial charge < -0.3 is 15.7 Å². The van der Waals surface area contributed by atoms with Gasteiger partial charge in [-0.2, -0.15) is 0 Å². The van der Waals surface area contributed by atoms with Crippen LogP contribution < -0.4 is 10.6 Å². The van der Waals surface area contributed by atoms with Crippen molar-refractivity contribution in [2.24, 2.45) is 5.92 Å². The standard InChI is InChI=1S/C13H18N2O2/c1-9-8-11(2-3-12(9)16)15-13(17)10-4-6-14-7-5-10/h2-3,8,10,14,16H,4-7H2,1H3,(H,15,17). The smallest absolute Gasteiger partial charge is 0.227 e. The number of aromatic hydroxyl groups is 1. The second-order valence-corrected chi connectivity index (χ2v) is 4.51. The minimum Gasteiger partial charge on any atom is -0.508 e. The first-order chi connectivity index (χ1) is 8.16. The van der Waals surface area contributed by atoms with Gasteiger partial charge >= 0.3 is 0 Å².